The van der Waals surface area contributed by atoms with Crippen molar-refractivity contribution in [2.75, 3.05) is 13.2 Å². The molecule has 0 amide bonds. The number of benzene rings is 3. The van der Waals surface area contributed by atoms with E-state index in [1.807, 2.05) is 0 Å². The second-order valence-electron chi connectivity index (χ2n) is 9.34. The molecule has 11 nitrogen and oxygen atoms in total. The second-order valence-corrected chi connectivity index (χ2v) is 9.34. The SMILES string of the molecule is C=CC(=O)OCCCCCCOC(=O)Oc1ccc(C(=O)Oc2ccc(C(=O)Oc3ccc(OC(C)=O)c(C)c3)cc2)cc1. The normalized spacial score (nSPS) is 10.2. The van der Waals surface area contributed by atoms with Gasteiger partial charge >= 0.3 is 30.0 Å². The summed E-state index contributed by atoms with van der Waals surface area (Å²) < 4.78 is 30.8. The summed E-state index contributed by atoms with van der Waals surface area (Å²) in [5, 5.41) is 0. The molecule has 11 heteroatoms. The minimum atomic E-state index is -0.868. The van der Waals surface area contributed by atoms with Gasteiger partial charge in [0, 0.05) is 13.0 Å². The van der Waals surface area contributed by atoms with E-state index in [2.05, 4.69) is 6.58 Å². The van der Waals surface area contributed by atoms with Crippen LogP contribution in [0.1, 0.15) is 58.9 Å². The molecule has 230 valence electrons. The third-order valence-corrected chi connectivity index (χ3v) is 5.87. The molecule has 0 fully saturated rings. The molecule has 0 N–H and O–H groups in total. The molecular weight excluding hydrogens is 572 g/mol. The zero-order valence-corrected chi connectivity index (χ0v) is 24.4. The van der Waals surface area contributed by atoms with Crippen LogP contribution in [0.4, 0.5) is 4.79 Å². The van der Waals surface area contributed by atoms with Gasteiger partial charge in [-0.3, -0.25) is 4.79 Å². The van der Waals surface area contributed by atoms with E-state index in [0.29, 0.717) is 30.8 Å². The van der Waals surface area contributed by atoms with Gasteiger partial charge in [0.15, 0.2) is 0 Å². The maximum Gasteiger partial charge on any atom is 0.513 e. The standard InChI is InChI=1S/C33H32O11/c1-4-30(35)39-19-7-5-6-8-20-40-33(38)44-27-15-11-24(12-16-27)31(36)42-26-13-9-25(10-14-26)32(37)43-28-17-18-29(22(2)21-28)41-23(3)34/h4,9-18,21H,1,5-8,19-20H2,2-3H3. The molecule has 0 heterocycles. The van der Waals surface area contributed by atoms with Crippen LogP contribution in [0.5, 0.6) is 23.0 Å². The van der Waals surface area contributed by atoms with Crippen molar-refractivity contribution < 1.29 is 52.4 Å². The second kappa shape index (κ2) is 16.9. The lowest BCUT2D eigenvalue weighted by Gasteiger charge is -2.09. The van der Waals surface area contributed by atoms with Crippen LogP contribution in [0.25, 0.3) is 0 Å². The predicted octanol–water partition coefficient (Wildman–Crippen LogP) is 6.16. The van der Waals surface area contributed by atoms with E-state index < -0.39 is 30.0 Å². The summed E-state index contributed by atoms with van der Waals surface area (Å²) in [6, 6.07) is 16.2. The van der Waals surface area contributed by atoms with Gasteiger partial charge in [-0.2, -0.15) is 0 Å². The Morgan fingerprint density at radius 3 is 1.66 bits per heavy atom. The number of unbranched alkanes of at least 4 members (excludes halogenated alkanes) is 3. The smallest absolute Gasteiger partial charge is 0.463 e. The molecule has 0 aliphatic heterocycles. The van der Waals surface area contributed by atoms with Crippen molar-refractivity contribution in [3.05, 3.63) is 96.1 Å². The fourth-order valence-electron chi connectivity index (χ4n) is 3.68. The van der Waals surface area contributed by atoms with Crippen LogP contribution in [-0.4, -0.2) is 43.2 Å². The maximum absolute atomic E-state index is 12.5. The van der Waals surface area contributed by atoms with Gasteiger partial charge in [0.1, 0.15) is 23.0 Å². The molecule has 3 aromatic rings. The van der Waals surface area contributed by atoms with Crippen LogP contribution in [0, 0.1) is 6.92 Å². The highest BCUT2D eigenvalue weighted by Crippen LogP contribution is 2.25. The van der Waals surface area contributed by atoms with Crippen LogP contribution in [0.2, 0.25) is 0 Å². The molecule has 44 heavy (non-hydrogen) atoms. The lowest BCUT2D eigenvalue weighted by Crippen LogP contribution is -2.12. The molecule has 3 aromatic carbocycles. The first-order valence-corrected chi connectivity index (χ1v) is 13.7. The largest absolute Gasteiger partial charge is 0.513 e. The number of carbonyl (C=O) groups is 5. The lowest BCUT2D eigenvalue weighted by atomic mass is 10.2. The first-order valence-electron chi connectivity index (χ1n) is 13.7. The minimum Gasteiger partial charge on any atom is -0.463 e. The topological polar surface area (TPSA) is 141 Å². The summed E-state index contributed by atoms with van der Waals surface area (Å²) in [6.45, 7) is 6.83. The fraction of sp³-hybridized carbons (Fsp3) is 0.242. The Hall–Kier alpha value is -5.45. The number of aryl methyl sites for hydroxylation is 1. The van der Waals surface area contributed by atoms with Gasteiger partial charge in [-0.1, -0.05) is 6.58 Å². The van der Waals surface area contributed by atoms with Crippen molar-refractivity contribution in [3.63, 3.8) is 0 Å². The van der Waals surface area contributed by atoms with Crippen LogP contribution >= 0.6 is 0 Å². The van der Waals surface area contributed by atoms with Gasteiger partial charge in [0.05, 0.1) is 24.3 Å². The van der Waals surface area contributed by atoms with Crippen molar-refractivity contribution in [1.82, 2.24) is 0 Å². The maximum atomic E-state index is 12.5. The summed E-state index contributed by atoms with van der Waals surface area (Å²) in [4.78, 5) is 59.1. The molecule has 0 saturated heterocycles. The highest BCUT2D eigenvalue weighted by molar-refractivity contribution is 5.93. The number of rotatable bonds is 14. The van der Waals surface area contributed by atoms with E-state index in [0.717, 1.165) is 18.9 Å². The van der Waals surface area contributed by atoms with Crippen LogP contribution < -0.4 is 18.9 Å². The number of carbonyl (C=O) groups excluding carboxylic acids is 5. The summed E-state index contributed by atoms with van der Waals surface area (Å²) in [6.07, 6.45) is 3.18. The molecule has 0 unspecified atom stereocenters. The Morgan fingerprint density at radius 1 is 0.636 bits per heavy atom. The van der Waals surface area contributed by atoms with Gasteiger partial charge in [-0.05, 0) is 105 Å². The van der Waals surface area contributed by atoms with Crippen molar-refractivity contribution in [2.24, 2.45) is 0 Å². The van der Waals surface area contributed by atoms with Crippen molar-refractivity contribution in [2.45, 2.75) is 39.5 Å². The third-order valence-electron chi connectivity index (χ3n) is 5.87. The van der Waals surface area contributed by atoms with Crippen molar-refractivity contribution in [3.8, 4) is 23.0 Å². The van der Waals surface area contributed by atoms with Crippen LogP contribution in [-0.2, 0) is 19.1 Å². The summed E-state index contributed by atoms with van der Waals surface area (Å²) in [7, 11) is 0. The Morgan fingerprint density at radius 2 is 1.14 bits per heavy atom. The lowest BCUT2D eigenvalue weighted by molar-refractivity contribution is -0.138. The average molecular weight is 605 g/mol. The Balaban J connectivity index is 1.40. The quantitative estimate of drug-likeness (QED) is 0.0686. The van der Waals surface area contributed by atoms with Crippen LogP contribution in [0.3, 0.4) is 0 Å². The number of hydrogen-bond acceptors (Lipinski definition) is 11. The molecule has 0 atom stereocenters. The average Bonchev–Trinajstić information content (AvgIpc) is 3.00. The van der Waals surface area contributed by atoms with Gasteiger partial charge in [0.2, 0.25) is 0 Å². The van der Waals surface area contributed by atoms with E-state index in [-0.39, 0.29) is 35.0 Å². The monoisotopic (exact) mass is 604 g/mol. The van der Waals surface area contributed by atoms with Gasteiger partial charge < -0.3 is 28.4 Å². The predicted molar refractivity (Wildman–Crippen MR) is 157 cm³/mol. The summed E-state index contributed by atoms with van der Waals surface area (Å²) in [5.74, 6) is -1.15. The molecule has 0 bridgehead atoms. The van der Waals surface area contributed by atoms with Crippen molar-refractivity contribution >= 4 is 30.0 Å². The Bertz CT molecular complexity index is 1470. The van der Waals surface area contributed by atoms with Gasteiger partial charge in [0.25, 0.3) is 0 Å². The number of esters is 4. The highest BCUT2D eigenvalue weighted by Gasteiger charge is 2.14. The summed E-state index contributed by atoms with van der Waals surface area (Å²) >= 11 is 0. The molecule has 0 aliphatic rings. The van der Waals surface area contributed by atoms with E-state index in [1.54, 1.807) is 13.0 Å². The zero-order chi connectivity index (χ0) is 31.9. The van der Waals surface area contributed by atoms with E-state index in [1.165, 1.54) is 67.6 Å². The van der Waals surface area contributed by atoms with Gasteiger partial charge in [-0.15, -0.1) is 0 Å². The van der Waals surface area contributed by atoms with Crippen molar-refractivity contribution in [1.29, 1.82) is 0 Å². The van der Waals surface area contributed by atoms with E-state index in [4.69, 9.17) is 28.4 Å². The van der Waals surface area contributed by atoms with E-state index in [9.17, 15) is 24.0 Å². The minimum absolute atomic E-state index is 0.177. The fourth-order valence-corrected chi connectivity index (χ4v) is 3.68. The molecular formula is C33H32O11. The van der Waals surface area contributed by atoms with Crippen LogP contribution in [0.15, 0.2) is 79.4 Å². The molecule has 0 saturated carbocycles. The molecule has 0 aromatic heterocycles. The summed E-state index contributed by atoms with van der Waals surface area (Å²) in [5.41, 5.74) is 1.06. The molecule has 0 spiro atoms. The number of hydrogen-bond donors (Lipinski definition) is 0. The highest BCUT2D eigenvalue weighted by atomic mass is 16.7. The molecule has 0 aliphatic carbocycles. The zero-order valence-electron chi connectivity index (χ0n) is 24.4. The first kappa shape index (κ1) is 33.1. The molecule has 3 rings (SSSR count). The van der Waals surface area contributed by atoms with Gasteiger partial charge in [-0.25, -0.2) is 19.2 Å². The molecule has 0 radical (unpaired) electrons. The first-order chi connectivity index (χ1) is 21.1. The Kier molecular flexibility index (Phi) is 12.7. The van der Waals surface area contributed by atoms with E-state index >= 15 is 0 Å². The number of ether oxygens (including phenoxy) is 6. The third kappa shape index (κ3) is 11.1. The Labute approximate surface area is 254 Å².